The van der Waals surface area contributed by atoms with Gasteiger partial charge in [-0.25, -0.2) is 0 Å². The quantitative estimate of drug-likeness (QED) is 0.613. The Morgan fingerprint density at radius 1 is 1.29 bits per heavy atom. The summed E-state index contributed by atoms with van der Waals surface area (Å²) in [5.41, 5.74) is 1.11. The smallest absolute Gasteiger partial charge is 0.0747 e. The number of hydrogen-bond acceptors (Lipinski definition) is 1. The van der Waals surface area contributed by atoms with E-state index in [1.807, 2.05) is 6.92 Å². The average Bonchev–Trinajstić information content (AvgIpc) is 2.20. The number of unbranched alkanes of at least 4 members (excludes halogenated alkanes) is 1. The highest BCUT2D eigenvalue weighted by Gasteiger charge is 2.03. The normalized spacial score (nSPS) is 15.0. The summed E-state index contributed by atoms with van der Waals surface area (Å²) in [6.07, 6.45) is 11.4. The van der Waals surface area contributed by atoms with Crippen LogP contribution in [0.3, 0.4) is 0 Å². The summed E-state index contributed by atoms with van der Waals surface area (Å²) in [5, 5.41) is 9.71. The molecule has 1 nitrogen and oxygen atoms in total. The zero-order chi connectivity index (χ0) is 10.8. The number of aliphatic hydroxyl groups is 1. The fourth-order valence-electron chi connectivity index (χ4n) is 1.28. The van der Waals surface area contributed by atoms with Crippen molar-refractivity contribution in [3.63, 3.8) is 0 Å². The van der Waals surface area contributed by atoms with Gasteiger partial charge in [0.1, 0.15) is 0 Å². The summed E-state index contributed by atoms with van der Waals surface area (Å²) in [7, 11) is 0. The zero-order valence-electron chi connectivity index (χ0n) is 9.79. The van der Waals surface area contributed by atoms with Crippen LogP contribution in [-0.4, -0.2) is 11.2 Å². The minimum absolute atomic E-state index is 0.232. The summed E-state index contributed by atoms with van der Waals surface area (Å²) >= 11 is 0. The van der Waals surface area contributed by atoms with Crippen LogP contribution in [0.15, 0.2) is 23.8 Å². The fourth-order valence-corrected chi connectivity index (χ4v) is 1.28. The molecule has 14 heavy (non-hydrogen) atoms. The second-order valence-corrected chi connectivity index (χ2v) is 3.72. The second-order valence-electron chi connectivity index (χ2n) is 3.72. The molecule has 0 aliphatic heterocycles. The first kappa shape index (κ1) is 13.4. The molecule has 0 aliphatic carbocycles. The van der Waals surface area contributed by atoms with Crippen molar-refractivity contribution in [1.82, 2.24) is 0 Å². The first-order valence-corrected chi connectivity index (χ1v) is 5.72. The molecule has 82 valence electrons. The Labute approximate surface area is 88.5 Å². The predicted octanol–water partition coefficient (Wildman–Crippen LogP) is 3.84. The minimum Gasteiger partial charge on any atom is -0.389 e. The van der Waals surface area contributed by atoms with Gasteiger partial charge in [-0.1, -0.05) is 44.9 Å². The predicted molar refractivity (Wildman–Crippen MR) is 63.3 cm³/mol. The molecule has 0 aromatic carbocycles. The molecule has 0 fully saturated rings. The Bertz CT molecular complexity index is 180. The second kappa shape index (κ2) is 9.01. The molecule has 0 spiro atoms. The maximum Gasteiger partial charge on any atom is 0.0747 e. The molecule has 0 amide bonds. The van der Waals surface area contributed by atoms with Crippen molar-refractivity contribution in [1.29, 1.82) is 0 Å². The van der Waals surface area contributed by atoms with Crippen molar-refractivity contribution in [2.45, 2.75) is 59.0 Å². The maximum absolute atomic E-state index is 9.71. The van der Waals surface area contributed by atoms with E-state index in [0.717, 1.165) is 37.7 Å². The Morgan fingerprint density at radius 2 is 2.00 bits per heavy atom. The van der Waals surface area contributed by atoms with Gasteiger partial charge in [-0.2, -0.15) is 0 Å². The Kier molecular flexibility index (Phi) is 8.65. The molecule has 0 rings (SSSR count). The fraction of sp³-hybridized carbons (Fsp3) is 0.692. The van der Waals surface area contributed by atoms with Crippen molar-refractivity contribution in [2.24, 2.45) is 0 Å². The highest BCUT2D eigenvalue weighted by Crippen LogP contribution is 2.10. The van der Waals surface area contributed by atoms with Gasteiger partial charge in [-0.3, -0.25) is 0 Å². The number of hydrogen-bond donors (Lipinski definition) is 1. The van der Waals surface area contributed by atoms with Gasteiger partial charge in [-0.15, -0.1) is 0 Å². The number of rotatable bonds is 7. The van der Waals surface area contributed by atoms with Crippen molar-refractivity contribution >= 4 is 0 Å². The molecule has 0 bridgehead atoms. The van der Waals surface area contributed by atoms with Crippen LogP contribution in [-0.2, 0) is 0 Å². The van der Waals surface area contributed by atoms with Gasteiger partial charge in [0, 0.05) is 0 Å². The third-order valence-corrected chi connectivity index (χ3v) is 2.34. The zero-order valence-corrected chi connectivity index (χ0v) is 9.79. The summed E-state index contributed by atoms with van der Waals surface area (Å²) in [4.78, 5) is 0. The van der Waals surface area contributed by atoms with Crippen LogP contribution in [0, 0.1) is 0 Å². The van der Waals surface area contributed by atoms with E-state index in [1.54, 1.807) is 0 Å². The first-order valence-electron chi connectivity index (χ1n) is 5.72. The maximum atomic E-state index is 9.71. The molecular weight excluding hydrogens is 172 g/mol. The first-order chi connectivity index (χ1) is 6.72. The molecule has 0 aromatic heterocycles. The lowest BCUT2D eigenvalue weighted by Crippen LogP contribution is -2.07. The van der Waals surface area contributed by atoms with Crippen molar-refractivity contribution in [3.05, 3.63) is 23.8 Å². The molecule has 1 N–H and O–H groups in total. The molecule has 1 unspecified atom stereocenters. The van der Waals surface area contributed by atoms with Crippen LogP contribution in [0.5, 0.6) is 0 Å². The van der Waals surface area contributed by atoms with Gasteiger partial charge in [0.2, 0.25) is 0 Å². The molecule has 0 aromatic rings. The molecule has 1 atom stereocenters. The topological polar surface area (TPSA) is 20.2 Å². The summed E-state index contributed by atoms with van der Waals surface area (Å²) in [6.45, 7) is 6.29. The average molecular weight is 196 g/mol. The van der Waals surface area contributed by atoms with E-state index in [2.05, 4.69) is 32.1 Å². The SMILES string of the molecule is CC/C=C/C/C=C(\C)C(O)CCCC. The summed E-state index contributed by atoms with van der Waals surface area (Å²) in [5.74, 6) is 0. The van der Waals surface area contributed by atoms with Crippen LogP contribution in [0.1, 0.15) is 52.9 Å². The van der Waals surface area contributed by atoms with E-state index in [9.17, 15) is 5.11 Å². The van der Waals surface area contributed by atoms with Gasteiger partial charge in [-0.05, 0) is 31.8 Å². The highest BCUT2D eigenvalue weighted by atomic mass is 16.3. The Balaban J connectivity index is 3.78. The largest absolute Gasteiger partial charge is 0.389 e. The van der Waals surface area contributed by atoms with Gasteiger partial charge in [0.05, 0.1) is 6.10 Å². The lowest BCUT2D eigenvalue weighted by Gasteiger charge is -2.09. The van der Waals surface area contributed by atoms with E-state index in [1.165, 1.54) is 0 Å². The summed E-state index contributed by atoms with van der Waals surface area (Å²) in [6, 6.07) is 0. The van der Waals surface area contributed by atoms with Crippen molar-refractivity contribution in [2.75, 3.05) is 0 Å². The monoisotopic (exact) mass is 196 g/mol. The van der Waals surface area contributed by atoms with E-state index in [0.29, 0.717) is 0 Å². The van der Waals surface area contributed by atoms with Crippen LogP contribution in [0.25, 0.3) is 0 Å². The van der Waals surface area contributed by atoms with Crippen LogP contribution in [0.2, 0.25) is 0 Å². The van der Waals surface area contributed by atoms with Crippen molar-refractivity contribution in [3.8, 4) is 0 Å². The summed E-state index contributed by atoms with van der Waals surface area (Å²) < 4.78 is 0. The van der Waals surface area contributed by atoms with E-state index < -0.39 is 0 Å². The van der Waals surface area contributed by atoms with Gasteiger partial charge < -0.3 is 5.11 Å². The highest BCUT2D eigenvalue weighted by molar-refractivity contribution is 5.06. The molecule has 0 saturated heterocycles. The molecule has 1 heteroatoms. The third kappa shape index (κ3) is 6.90. The number of aliphatic hydroxyl groups excluding tert-OH is 1. The van der Waals surface area contributed by atoms with E-state index in [-0.39, 0.29) is 6.10 Å². The third-order valence-electron chi connectivity index (χ3n) is 2.34. The van der Waals surface area contributed by atoms with Gasteiger partial charge in [0.25, 0.3) is 0 Å². The molecule has 0 heterocycles. The van der Waals surface area contributed by atoms with Crippen LogP contribution >= 0.6 is 0 Å². The lowest BCUT2D eigenvalue weighted by atomic mass is 10.0. The van der Waals surface area contributed by atoms with Crippen molar-refractivity contribution < 1.29 is 5.11 Å². The standard InChI is InChI=1S/C13H24O/c1-4-6-8-9-10-12(3)13(14)11-7-5-2/h6,8,10,13-14H,4-5,7,9,11H2,1-3H3/b8-6+,12-10+. The van der Waals surface area contributed by atoms with Gasteiger partial charge >= 0.3 is 0 Å². The molecule has 0 aliphatic rings. The van der Waals surface area contributed by atoms with E-state index in [4.69, 9.17) is 0 Å². The Hall–Kier alpha value is -0.560. The van der Waals surface area contributed by atoms with Crippen LogP contribution in [0.4, 0.5) is 0 Å². The molecular formula is C13H24O. The van der Waals surface area contributed by atoms with Crippen LogP contribution < -0.4 is 0 Å². The molecule has 0 radical (unpaired) electrons. The Morgan fingerprint density at radius 3 is 2.57 bits per heavy atom. The van der Waals surface area contributed by atoms with E-state index >= 15 is 0 Å². The number of allylic oxidation sites excluding steroid dienone is 3. The van der Waals surface area contributed by atoms with Gasteiger partial charge in [0.15, 0.2) is 0 Å². The lowest BCUT2D eigenvalue weighted by molar-refractivity contribution is 0.196. The molecule has 0 saturated carbocycles. The minimum atomic E-state index is -0.232.